The molecular formula is C15H24N2O3. The van der Waals surface area contributed by atoms with Gasteiger partial charge < -0.3 is 20.9 Å². The van der Waals surface area contributed by atoms with Crippen LogP contribution in [0.25, 0.3) is 0 Å². The monoisotopic (exact) mass is 280 g/mol. The Morgan fingerprint density at radius 1 is 1.35 bits per heavy atom. The van der Waals surface area contributed by atoms with E-state index in [2.05, 4.69) is 19.2 Å². The predicted octanol–water partition coefficient (Wildman–Crippen LogP) is 1.05. The third kappa shape index (κ3) is 6.54. The van der Waals surface area contributed by atoms with E-state index < -0.39 is 5.91 Å². The van der Waals surface area contributed by atoms with Gasteiger partial charge in [0.25, 0.3) is 5.91 Å². The van der Waals surface area contributed by atoms with Crippen molar-refractivity contribution in [1.82, 2.24) is 5.32 Å². The van der Waals surface area contributed by atoms with Crippen LogP contribution in [0.1, 0.15) is 25.8 Å². The zero-order valence-corrected chi connectivity index (χ0v) is 12.2. The van der Waals surface area contributed by atoms with Crippen molar-refractivity contribution in [3.63, 3.8) is 0 Å². The lowest BCUT2D eigenvalue weighted by Gasteiger charge is -2.24. The van der Waals surface area contributed by atoms with Crippen molar-refractivity contribution in [2.24, 2.45) is 11.1 Å². The molecule has 0 aliphatic heterocycles. The Balaban J connectivity index is 2.36. The quantitative estimate of drug-likeness (QED) is 0.631. The normalized spacial score (nSPS) is 11.3. The molecule has 1 amide bonds. The summed E-state index contributed by atoms with van der Waals surface area (Å²) in [7, 11) is 0. The van der Waals surface area contributed by atoms with Crippen LogP contribution >= 0.6 is 0 Å². The number of primary amides is 1. The molecule has 0 unspecified atom stereocenters. The summed E-state index contributed by atoms with van der Waals surface area (Å²) in [5.74, 6) is 0.148. The fraction of sp³-hybridized carbons (Fsp3) is 0.533. The van der Waals surface area contributed by atoms with Gasteiger partial charge in [0, 0.05) is 19.7 Å². The van der Waals surface area contributed by atoms with Crippen LogP contribution in [0.15, 0.2) is 24.3 Å². The average Bonchev–Trinajstić information content (AvgIpc) is 2.37. The summed E-state index contributed by atoms with van der Waals surface area (Å²) in [5.41, 5.74) is 6.23. The van der Waals surface area contributed by atoms with Gasteiger partial charge in [0.05, 0.1) is 0 Å². The van der Waals surface area contributed by atoms with Crippen LogP contribution in [-0.4, -0.2) is 30.8 Å². The molecule has 0 atom stereocenters. The lowest BCUT2D eigenvalue weighted by atomic mass is 9.90. The highest BCUT2D eigenvalue weighted by atomic mass is 16.5. The van der Waals surface area contributed by atoms with Crippen molar-refractivity contribution in [3.8, 4) is 5.75 Å². The number of carbonyl (C=O) groups is 1. The van der Waals surface area contributed by atoms with Gasteiger partial charge in [0.2, 0.25) is 0 Å². The van der Waals surface area contributed by atoms with Crippen LogP contribution in [0, 0.1) is 5.41 Å². The first-order valence-electron chi connectivity index (χ1n) is 6.74. The van der Waals surface area contributed by atoms with Gasteiger partial charge in [0.15, 0.2) is 6.61 Å². The van der Waals surface area contributed by atoms with Gasteiger partial charge in [-0.2, -0.15) is 0 Å². The van der Waals surface area contributed by atoms with Crippen LogP contribution in [0.4, 0.5) is 0 Å². The summed E-state index contributed by atoms with van der Waals surface area (Å²) in [5, 5.41) is 12.3. The molecule has 0 spiro atoms. The number of carbonyl (C=O) groups excluding carboxylic acids is 1. The number of amides is 1. The summed E-state index contributed by atoms with van der Waals surface area (Å²) in [6.07, 6.45) is 0.778. The van der Waals surface area contributed by atoms with Crippen LogP contribution in [0.3, 0.4) is 0 Å². The number of hydrogen-bond donors (Lipinski definition) is 3. The molecule has 0 aliphatic rings. The lowest BCUT2D eigenvalue weighted by Crippen LogP contribution is -2.29. The van der Waals surface area contributed by atoms with Crippen LogP contribution in [0.2, 0.25) is 0 Å². The Kier molecular flexibility index (Phi) is 6.48. The molecule has 0 fully saturated rings. The maximum absolute atomic E-state index is 10.6. The summed E-state index contributed by atoms with van der Waals surface area (Å²) in [6.45, 7) is 5.94. The van der Waals surface area contributed by atoms with E-state index in [1.807, 2.05) is 24.3 Å². The number of nitrogens with one attached hydrogen (secondary N) is 1. The van der Waals surface area contributed by atoms with Gasteiger partial charge >= 0.3 is 0 Å². The molecule has 20 heavy (non-hydrogen) atoms. The number of rotatable bonds is 9. The van der Waals surface area contributed by atoms with E-state index in [9.17, 15) is 4.79 Å². The molecule has 1 aromatic carbocycles. The van der Waals surface area contributed by atoms with Gasteiger partial charge in [-0.1, -0.05) is 26.0 Å². The number of benzene rings is 1. The van der Waals surface area contributed by atoms with E-state index in [1.54, 1.807) is 0 Å². The number of nitrogens with two attached hydrogens (primary N) is 1. The molecule has 0 saturated heterocycles. The van der Waals surface area contributed by atoms with Gasteiger partial charge in [-0.15, -0.1) is 0 Å². The Labute approximate surface area is 120 Å². The fourth-order valence-electron chi connectivity index (χ4n) is 1.79. The molecule has 5 nitrogen and oxygen atoms in total. The molecule has 0 saturated carbocycles. The van der Waals surface area contributed by atoms with Crippen molar-refractivity contribution in [3.05, 3.63) is 29.8 Å². The third-order valence-electron chi connectivity index (χ3n) is 3.03. The summed E-state index contributed by atoms with van der Waals surface area (Å²) < 4.78 is 5.19. The molecular weight excluding hydrogens is 256 g/mol. The van der Waals surface area contributed by atoms with Crippen LogP contribution in [-0.2, 0) is 11.3 Å². The first-order chi connectivity index (χ1) is 9.43. The van der Waals surface area contributed by atoms with E-state index in [0.29, 0.717) is 5.75 Å². The maximum Gasteiger partial charge on any atom is 0.255 e. The average molecular weight is 280 g/mol. The summed E-state index contributed by atoms with van der Waals surface area (Å²) >= 11 is 0. The minimum absolute atomic E-state index is 0.0826. The molecule has 0 bridgehead atoms. The Morgan fingerprint density at radius 2 is 2.00 bits per heavy atom. The first-order valence-corrected chi connectivity index (χ1v) is 6.74. The largest absolute Gasteiger partial charge is 0.484 e. The topological polar surface area (TPSA) is 84.6 Å². The third-order valence-corrected chi connectivity index (χ3v) is 3.03. The van der Waals surface area contributed by atoms with E-state index in [0.717, 1.165) is 25.1 Å². The molecule has 4 N–H and O–H groups in total. The van der Waals surface area contributed by atoms with Crippen molar-refractivity contribution in [2.45, 2.75) is 26.8 Å². The Morgan fingerprint density at radius 3 is 2.55 bits per heavy atom. The fourth-order valence-corrected chi connectivity index (χ4v) is 1.79. The summed E-state index contributed by atoms with van der Waals surface area (Å²) in [4.78, 5) is 10.6. The molecule has 0 aromatic heterocycles. The minimum atomic E-state index is -0.484. The Hall–Kier alpha value is -1.59. The second-order valence-electron chi connectivity index (χ2n) is 5.64. The number of aliphatic hydroxyl groups is 1. The molecule has 5 heteroatoms. The van der Waals surface area contributed by atoms with E-state index in [4.69, 9.17) is 15.6 Å². The molecule has 0 heterocycles. The second kappa shape index (κ2) is 7.87. The molecule has 0 radical (unpaired) electrons. The molecule has 0 aliphatic carbocycles. The van der Waals surface area contributed by atoms with Crippen molar-refractivity contribution < 1.29 is 14.6 Å². The van der Waals surface area contributed by atoms with Gasteiger partial charge in [0.1, 0.15) is 5.75 Å². The van der Waals surface area contributed by atoms with Crippen molar-refractivity contribution >= 4 is 5.91 Å². The molecule has 112 valence electrons. The number of aliphatic hydroxyl groups excluding tert-OH is 1. The highest BCUT2D eigenvalue weighted by molar-refractivity contribution is 5.75. The summed E-state index contributed by atoms with van der Waals surface area (Å²) in [6, 6.07) is 7.53. The van der Waals surface area contributed by atoms with Gasteiger partial charge in [-0.25, -0.2) is 0 Å². The maximum atomic E-state index is 10.6. The zero-order chi connectivity index (χ0) is 15.0. The second-order valence-corrected chi connectivity index (χ2v) is 5.64. The number of ether oxygens (including phenoxy) is 1. The van der Waals surface area contributed by atoms with Crippen LogP contribution < -0.4 is 15.8 Å². The highest BCUT2D eigenvalue weighted by Crippen LogP contribution is 2.18. The van der Waals surface area contributed by atoms with E-state index in [-0.39, 0.29) is 18.6 Å². The standard InChI is InChI=1S/C15H24N2O3/c1-15(2,7-8-18)11-17-9-12-3-5-13(6-4-12)20-10-14(16)19/h3-6,17-18H,7-11H2,1-2H3,(H2,16,19). The smallest absolute Gasteiger partial charge is 0.255 e. The zero-order valence-electron chi connectivity index (χ0n) is 12.2. The lowest BCUT2D eigenvalue weighted by molar-refractivity contribution is -0.119. The van der Waals surface area contributed by atoms with Crippen molar-refractivity contribution in [1.29, 1.82) is 0 Å². The Bertz CT molecular complexity index is 416. The highest BCUT2D eigenvalue weighted by Gasteiger charge is 2.16. The first kappa shape index (κ1) is 16.5. The predicted molar refractivity (Wildman–Crippen MR) is 78.3 cm³/mol. The molecule has 1 aromatic rings. The van der Waals surface area contributed by atoms with E-state index in [1.165, 1.54) is 0 Å². The van der Waals surface area contributed by atoms with Crippen molar-refractivity contribution in [2.75, 3.05) is 19.8 Å². The number of hydrogen-bond acceptors (Lipinski definition) is 4. The van der Waals surface area contributed by atoms with Crippen LogP contribution in [0.5, 0.6) is 5.75 Å². The SMILES string of the molecule is CC(C)(CCO)CNCc1ccc(OCC(N)=O)cc1. The minimum Gasteiger partial charge on any atom is -0.484 e. The van der Waals surface area contributed by atoms with Gasteiger partial charge in [-0.3, -0.25) is 4.79 Å². The van der Waals surface area contributed by atoms with E-state index >= 15 is 0 Å². The molecule has 1 rings (SSSR count). The van der Waals surface area contributed by atoms with Gasteiger partial charge in [-0.05, 0) is 29.5 Å².